The molecular formula is C19H26. The second kappa shape index (κ2) is 6.56. The van der Waals surface area contributed by atoms with Gasteiger partial charge in [-0.25, -0.2) is 0 Å². The van der Waals surface area contributed by atoms with E-state index in [0.717, 1.165) is 6.42 Å². The number of hydrogen-bond donors (Lipinski definition) is 0. The Labute approximate surface area is 118 Å². The summed E-state index contributed by atoms with van der Waals surface area (Å²) in [5.74, 6) is 0. The summed E-state index contributed by atoms with van der Waals surface area (Å²) in [4.78, 5) is 0. The molecule has 0 amide bonds. The van der Waals surface area contributed by atoms with E-state index < -0.39 is 0 Å². The van der Waals surface area contributed by atoms with Crippen LogP contribution in [0.1, 0.15) is 51.3 Å². The van der Waals surface area contributed by atoms with Gasteiger partial charge in [-0.15, -0.1) is 0 Å². The minimum atomic E-state index is 0.176. The first-order valence-electron chi connectivity index (χ1n) is 7.02. The van der Waals surface area contributed by atoms with Gasteiger partial charge in [-0.3, -0.25) is 0 Å². The van der Waals surface area contributed by atoms with E-state index in [1.807, 2.05) is 13.0 Å². The van der Waals surface area contributed by atoms with Crippen molar-refractivity contribution < 1.29 is 0 Å². The molecule has 0 bridgehead atoms. The zero-order valence-electron chi connectivity index (χ0n) is 13.0. The largest absolute Gasteiger partial charge is 0.0990 e. The van der Waals surface area contributed by atoms with Crippen molar-refractivity contribution in [3.8, 4) is 0 Å². The summed E-state index contributed by atoms with van der Waals surface area (Å²) in [5.41, 5.74) is 5.46. The molecule has 0 aliphatic rings. The maximum Gasteiger partial charge on any atom is -0.0132 e. The van der Waals surface area contributed by atoms with Crippen LogP contribution >= 0.6 is 0 Å². The Morgan fingerprint density at radius 3 is 2.37 bits per heavy atom. The Balaban J connectivity index is 3.42. The van der Waals surface area contributed by atoms with Gasteiger partial charge in [0.2, 0.25) is 0 Å². The molecule has 19 heavy (non-hydrogen) atoms. The SMILES string of the molecule is C=C/C=C(\C=C/C)c1cc(CC)cc(C(C)(C)C)c1. The summed E-state index contributed by atoms with van der Waals surface area (Å²) in [5, 5.41) is 0. The normalized spacial score (nSPS) is 13.0. The average molecular weight is 254 g/mol. The Kier molecular flexibility index (Phi) is 5.35. The zero-order valence-corrected chi connectivity index (χ0v) is 13.0. The van der Waals surface area contributed by atoms with E-state index >= 15 is 0 Å². The molecule has 1 rings (SSSR count). The molecule has 0 fully saturated rings. The van der Waals surface area contributed by atoms with Gasteiger partial charge in [0.1, 0.15) is 0 Å². The second-order valence-corrected chi connectivity index (χ2v) is 5.88. The summed E-state index contributed by atoms with van der Waals surface area (Å²) in [6, 6.07) is 6.91. The summed E-state index contributed by atoms with van der Waals surface area (Å²) in [6.45, 7) is 14.9. The molecule has 0 saturated carbocycles. The number of hydrogen-bond acceptors (Lipinski definition) is 0. The summed E-state index contributed by atoms with van der Waals surface area (Å²) in [6.07, 6.45) is 9.20. The predicted octanol–water partition coefficient (Wildman–Crippen LogP) is 5.69. The lowest BCUT2D eigenvalue weighted by Crippen LogP contribution is -2.12. The van der Waals surface area contributed by atoms with Crippen LogP contribution < -0.4 is 0 Å². The van der Waals surface area contributed by atoms with E-state index in [-0.39, 0.29) is 5.41 Å². The zero-order chi connectivity index (χ0) is 14.5. The maximum absolute atomic E-state index is 3.81. The molecule has 0 aliphatic carbocycles. The fourth-order valence-electron chi connectivity index (χ4n) is 2.05. The Morgan fingerprint density at radius 2 is 1.89 bits per heavy atom. The Hall–Kier alpha value is -1.56. The van der Waals surface area contributed by atoms with Crippen molar-refractivity contribution in [1.29, 1.82) is 0 Å². The quantitative estimate of drug-likeness (QED) is 0.605. The first kappa shape index (κ1) is 15.5. The molecule has 0 saturated heterocycles. The first-order valence-corrected chi connectivity index (χ1v) is 7.02. The Bertz CT molecular complexity index is 493. The molecule has 0 radical (unpaired) electrons. The smallest absolute Gasteiger partial charge is 0.0132 e. The van der Waals surface area contributed by atoms with Crippen molar-refractivity contribution >= 4 is 5.57 Å². The third-order valence-corrected chi connectivity index (χ3v) is 3.24. The lowest BCUT2D eigenvalue weighted by atomic mass is 9.83. The highest BCUT2D eigenvalue weighted by atomic mass is 14.2. The molecule has 1 aromatic carbocycles. The molecule has 0 aliphatic heterocycles. The van der Waals surface area contributed by atoms with Crippen LogP contribution in [0.2, 0.25) is 0 Å². The summed E-state index contributed by atoms with van der Waals surface area (Å²) < 4.78 is 0. The molecule has 0 atom stereocenters. The van der Waals surface area contributed by atoms with E-state index in [9.17, 15) is 0 Å². The van der Waals surface area contributed by atoms with Crippen molar-refractivity contribution in [1.82, 2.24) is 0 Å². The van der Waals surface area contributed by atoms with Crippen LogP contribution in [-0.4, -0.2) is 0 Å². The lowest BCUT2D eigenvalue weighted by Gasteiger charge is -2.21. The lowest BCUT2D eigenvalue weighted by molar-refractivity contribution is 0.589. The molecule has 0 unspecified atom stereocenters. The summed E-state index contributed by atoms with van der Waals surface area (Å²) in [7, 11) is 0. The summed E-state index contributed by atoms with van der Waals surface area (Å²) >= 11 is 0. The molecule has 0 heteroatoms. The van der Waals surface area contributed by atoms with Gasteiger partial charge in [0.05, 0.1) is 0 Å². The highest BCUT2D eigenvalue weighted by molar-refractivity contribution is 5.76. The molecule has 0 nitrogen and oxygen atoms in total. The fraction of sp³-hybridized carbons (Fsp3) is 0.368. The van der Waals surface area contributed by atoms with Crippen LogP contribution in [0.3, 0.4) is 0 Å². The van der Waals surface area contributed by atoms with Gasteiger partial charge in [0.15, 0.2) is 0 Å². The van der Waals surface area contributed by atoms with Gasteiger partial charge in [-0.2, -0.15) is 0 Å². The molecule has 102 valence electrons. The third kappa shape index (κ3) is 4.24. The van der Waals surface area contributed by atoms with Crippen molar-refractivity contribution in [3.63, 3.8) is 0 Å². The molecular weight excluding hydrogens is 228 g/mol. The maximum atomic E-state index is 3.81. The van der Waals surface area contributed by atoms with Crippen molar-refractivity contribution in [3.05, 3.63) is 65.8 Å². The monoisotopic (exact) mass is 254 g/mol. The minimum Gasteiger partial charge on any atom is -0.0990 e. The van der Waals surface area contributed by atoms with Gasteiger partial charge in [-0.05, 0) is 41.0 Å². The van der Waals surface area contributed by atoms with E-state index in [2.05, 4.69) is 70.7 Å². The number of aryl methyl sites for hydroxylation is 1. The van der Waals surface area contributed by atoms with Crippen molar-refractivity contribution in [2.45, 2.75) is 46.5 Å². The van der Waals surface area contributed by atoms with Crippen LogP contribution in [-0.2, 0) is 11.8 Å². The molecule has 0 spiro atoms. The minimum absolute atomic E-state index is 0.176. The Morgan fingerprint density at radius 1 is 1.21 bits per heavy atom. The van der Waals surface area contributed by atoms with E-state index in [0.29, 0.717) is 0 Å². The van der Waals surface area contributed by atoms with Crippen LogP contribution in [0, 0.1) is 0 Å². The number of benzene rings is 1. The highest BCUT2D eigenvalue weighted by Crippen LogP contribution is 2.28. The van der Waals surface area contributed by atoms with Crippen LogP contribution in [0.15, 0.2) is 49.1 Å². The standard InChI is InChI=1S/C19H26/c1-7-10-16(11-8-2)17-12-15(9-3)13-18(14-17)19(4,5)6/h7-8,10-14H,1,9H2,2-6H3/b11-8-,16-10+. The van der Waals surface area contributed by atoms with Crippen LogP contribution in [0.25, 0.3) is 5.57 Å². The van der Waals surface area contributed by atoms with E-state index in [1.54, 1.807) is 0 Å². The molecule has 0 heterocycles. The number of allylic oxidation sites excluding steroid dienone is 5. The molecule has 0 N–H and O–H groups in total. The molecule has 1 aromatic rings. The van der Waals surface area contributed by atoms with E-state index in [1.165, 1.54) is 22.3 Å². The van der Waals surface area contributed by atoms with Gasteiger partial charge in [0.25, 0.3) is 0 Å². The average Bonchev–Trinajstić information content (AvgIpc) is 2.37. The van der Waals surface area contributed by atoms with Gasteiger partial charge >= 0.3 is 0 Å². The van der Waals surface area contributed by atoms with Crippen LogP contribution in [0.4, 0.5) is 0 Å². The second-order valence-electron chi connectivity index (χ2n) is 5.88. The first-order chi connectivity index (χ1) is 8.92. The van der Waals surface area contributed by atoms with Gasteiger partial charge in [0, 0.05) is 0 Å². The van der Waals surface area contributed by atoms with Gasteiger partial charge in [-0.1, -0.05) is 76.8 Å². The van der Waals surface area contributed by atoms with Crippen molar-refractivity contribution in [2.24, 2.45) is 0 Å². The van der Waals surface area contributed by atoms with Crippen LogP contribution in [0.5, 0.6) is 0 Å². The van der Waals surface area contributed by atoms with Gasteiger partial charge < -0.3 is 0 Å². The predicted molar refractivity (Wildman–Crippen MR) is 87.5 cm³/mol. The molecule has 0 aromatic heterocycles. The fourth-order valence-corrected chi connectivity index (χ4v) is 2.05. The van der Waals surface area contributed by atoms with E-state index in [4.69, 9.17) is 0 Å². The highest BCUT2D eigenvalue weighted by Gasteiger charge is 2.15. The third-order valence-electron chi connectivity index (χ3n) is 3.24. The topological polar surface area (TPSA) is 0 Å². The van der Waals surface area contributed by atoms with Crippen molar-refractivity contribution in [2.75, 3.05) is 0 Å². The number of rotatable bonds is 4.